The zero-order valence-electron chi connectivity index (χ0n) is 21.3. The van der Waals surface area contributed by atoms with Gasteiger partial charge in [0.15, 0.2) is 0 Å². The molecular weight excluding hydrogens is 492 g/mol. The first-order valence-corrected chi connectivity index (χ1v) is 13.4. The van der Waals surface area contributed by atoms with Crippen molar-refractivity contribution in [2.45, 2.75) is 4.90 Å². The molecule has 0 radical (unpaired) electrons. The van der Waals surface area contributed by atoms with Crippen LogP contribution < -0.4 is 24.0 Å². The number of nitrogens with zero attached hydrogens (tertiary/aromatic N) is 3. The molecule has 1 aliphatic rings. The minimum absolute atomic E-state index is 0.0311. The highest BCUT2D eigenvalue weighted by molar-refractivity contribution is 7.92. The van der Waals surface area contributed by atoms with E-state index in [2.05, 4.69) is 22.2 Å². The highest BCUT2D eigenvalue weighted by atomic mass is 32.2. The van der Waals surface area contributed by atoms with Crippen LogP contribution in [0.3, 0.4) is 0 Å². The van der Waals surface area contributed by atoms with E-state index >= 15 is 0 Å². The number of carbonyl (C=O) groups is 1. The predicted molar refractivity (Wildman–Crippen MR) is 145 cm³/mol. The van der Waals surface area contributed by atoms with Crippen molar-refractivity contribution < 1.29 is 22.7 Å². The summed E-state index contributed by atoms with van der Waals surface area (Å²) in [6, 6.07) is 20.3. The number of rotatable bonds is 9. The van der Waals surface area contributed by atoms with Gasteiger partial charge in [0.25, 0.3) is 10.0 Å². The number of amides is 1. The second-order valence-electron chi connectivity index (χ2n) is 8.74. The SMILES string of the molecule is COc1ccc(S(=O)(=O)N(CC(=O)Nc2ccc(N3CCN(C)CC3)cc2)c2ccccc2OC)cc1. The van der Waals surface area contributed by atoms with Crippen LogP contribution in [0.1, 0.15) is 0 Å². The molecule has 1 saturated heterocycles. The molecule has 0 atom stereocenters. The number of methoxy groups -OCH3 is 2. The lowest BCUT2D eigenvalue weighted by Crippen LogP contribution is -2.44. The van der Waals surface area contributed by atoms with Crippen molar-refractivity contribution >= 4 is 33.0 Å². The van der Waals surface area contributed by atoms with Crippen LogP contribution in [0, 0.1) is 0 Å². The van der Waals surface area contributed by atoms with Crippen LogP contribution >= 0.6 is 0 Å². The van der Waals surface area contributed by atoms with Gasteiger partial charge in [0.05, 0.1) is 24.8 Å². The Morgan fingerprint density at radius 3 is 2.16 bits per heavy atom. The van der Waals surface area contributed by atoms with Crippen molar-refractivity contribution in [3.63, 3.8) is 0 Å². The highest BCUT2D eigenvalue weighted by Gasteiger charge is 2.29. The number of hydrogen-bond acceptors (Lipinski definition) is 7. The lowest BCUT2D eigenvalue weighted by atomic mass is 10.2. The minimum atomic E-state index is -4.10. The summed E-state index contributed by atoms with van der Waals surface area (Å²) in [7, 11) is 0.976. The number of benzene rings is 3. The molecule has 1 aliphatic heterocycles. The second kappa shape index (κ2) is 11.5. The number of hydrogen-bond donors (Lipinski definition) is 1. The molecule has 0 unspecified atom stereocenters. The molecule has 0 saturated carbocycles. The van der Waals surface area contributed by atoms with Crippen LogP contribution in [0.2, 0.25) is 0 Å². The zero-order valence-corrected chi connectivity index (χ0v) is 22.1. The second-order valence-corrected chi connectivity index (χ2v) is 10.6. The fraction of sp³-hybridized carbons (Fsp3) is 0.296. The quantitative estimate of drug-likeness (QED) is 0.459. The minimum Gasteiger partial charge on any atom is -0.497 e. The monoisotopic (exact) mass is 524 g/mol. The smallest absolute Gasteiger partial charge is 0.264 e. The molecule has 10 heteroatoms. The first-order valence-electron chi connectivity index (χ1n) is 11.9. The van der Waals surface area contributed by atoms with Gasteiger partial charge in [-0.3, -0.25) is 9.10 Å². The first kappa shape index (κ1) is 26.3. The predicted octanol–water partition coefficient (Wildman–Crippen LogP) is 3.29. The third-order valence-corrected chi connectivity index (χ3v) is 8.08. The van der Waals surface area contributed by atoms with Crippen LogP contribution in [0.4, 0.5) is 17.1 Å². The summed E-state index contributed by atoms with van der Waals surface area (Å²) in [5.41, 5.74) is 1.94. The molecule has 0 bridgehead atoms. The van der Waals surface area contributed by atoms with Crippen molar-refractivity contribution in [3.8, 4) is 11.5 Å². The Morgan fingerprint density at radius 1 is 0.892 bits per heavy atom. The molecule has 4 rings (SSSR count). The molecule has 3 aromatic rings. The Hall–Kier alpha value is -3.76. The lowest BCUT2D eigenvalue weighted by molar-refractivity contribution is -0.114. The van der Waals surface area contributed by atoms with E-state index in [0.29, 0.717) is 17.2 Å². The molecule has 196 valence electrons. The number of likely N-dealkylation sites (N-methyl/N-ethyl adjacent to an activating group) is 1. The molecule has 1 amide bonds. The van der Waals surface area contributed by atoms with Crippen molar-refractivity contribution in [1.82, 2.24) is 4.90 Å². The van der Waals surface area contributed by atoms with Gasteiger partial charge < -0.3 is 24.6 Å². The number of carbonyl (C=O) groups excluding carboxylic acids is 1. The summed E-state index contributed by atoms with van der Waals surface area (Å²) in [5, 5.41) is 2.83. The highest BCUT2D eigenvalue weighted by Crippen LogP contribution is 2.32. The molecule has 0 aromatic heterocycles. The molecule has 1 N–H and O–H groups in total. The molecule has 0 spiro atoms. The van der Waals surface area contributed by atoms with E-state index in [1.165, 1.54) is 26.4 Å². The van der Waals surface area contributed by atoms with Crippen LogP contribution in [-0.2, 0) is 14.8 Å². The average molecular weight is 525 g/mol. The number of para-hydroxylation sites is 2. The summed E-state index contributed by atoms with van der Waals surface area (Å²) >= 11 is 0. The van der Waals surface area contributed by atoms with Gasteiger partial charge in [-0.1, -0.05) is 12.1 Å². The molecule has 3 aromatic carbocycles. The fourth-order valence-corrected chi connectivity index (χ4v) is 5.59. The number of anilines is 3. The Kier molecular flexibility index (Phi) is 8.20. The van der Waals surface area contributed by atoms with E-state index in [0.717, 1.165) is 36.2 Å². The van der Waals surface area contributed by atoms with Crippen molar-refractivity contribution in [2.75, 3.05) is 68.5 Å². The summed E-state index contributed by atoms with van der Waals surface area (Å²) in [4.78, 5) is 17.7. The van der Waals surface area contributed by atoms with Gasteiger partial charge in [0.1, 0.15) is 18.0 Å². The van der Waals surface area contributed by atoms with Gasteiger partial charge in [-0.15, -0.1) is 0 Å². The normalized spacial score (nSPS) is 14.2. The largest absolute Gasteiger partial charge is 0.497 e. The standard InChI is InChI=1S/C27H32N4O5S/c1-29-16-18-30(19-17-29)22-10-8-21(9-11-22)28-27(32)20-31(25-6-4-5-7-26(25)36-3)37(33,34)24-14-12-23(35-2)13-15-24/h4-15H,16-20H2,1-3H3,(H,28,32). The van der Waals surface area contributed by atoms with Crippen LogP contribution in [0.25, 0.3) is 0 Å². The van der Waals surface area contributed by atoms with E-state index in [4.69, 9.17) is 9.47 Å². The van der Waals surface area contributed by atoms with E-state index in [1.54, 1.807) is 36.4 Å². The van der Waals surface area contributed by atoms with Crippen molar-refractivity contribution in [1.29, 1.82) is 0 Å². The first-order chi connectivity index (χ1) is 17.8. The molecular formula is C27H32N4O5S. The Morgan fingerprint density at radius 2 is 1.54 bits per heavy atom. The average Bonchev–Trinajstić information content (AvgIpc) is 2.92. The van der Waals surface area contributed by atoms with Gasteiger partial charge in [-0.05, 0) is 67.7 Å². The van der Waals surface area contributed by atoms with Gasteiger partial charge >= 0.3 is 0 Å². The van der Waals surface area contributed by atoms with Crippen molar-refractivity contribution in [2.24, 2.45) is 0 Å². The van der Waals surface area contributed by atoms with Crippen LogP contribution in [0.15, 0.2) is 77.7 Å². The summed E-state index contributed by atoms with van der Waals surface area (Å²) < 4.78 is 39.0. The van der Waals surface area contributed by atoms with E-state index in [1.807, 2.05) is 24.3 Å². The van der Waals surface area contributed by atoms with Gasteiger partial charge in [0, 0.05) is 37.6 Å². The Balaban J connectivity index is 1.55. The summed E-state index contributed by atoms with van der Waals surface area (Å²) in [6.07, 6.45) is 0. The van der Waals surface area contributed by atoms with Crippen molar-refractivity contribution in [3.05, 3.63) is 72.8 Å². The third kappa shape index (κ3) is 6.15. The zero-order chi connectivity index (χ0) is 26.4. The number of ether oxygens (including phenoxy) is 2. The molecule has 1 heterocycles. The van der Waals surface area contributed by atoms with Gasteiger partial charge in [-0.2, -0.15) is 0 Å². The molecule has 1 fully saturated rings. The van der Waals surface area contributed by atoms with E-state index in [-0.39, 0.29) is 10.6 Å². The maximum Gasteiger partial charge on any atom is 0.264 e. The molecule has 0 aliphatic carbocycles. The third-order valence-electron chi connectivity index (χ3n) is 6.31. The summed E-state index contributed by atoms with van der Waals surface area (Å²) in [5.74, 6) is 0.389. The fourth-order valence-electron chi connectivity index (χ4n) is 4.16. The van der Waals surface area contributed by atoms with Crippen LogP contribution in [0.5, 0.6) is 11.5 Å². The number of nitrogens with one attached hydrogen (secondary N) is 1. The Bertz CT molecular complexity index is 1310. The summed E-state index contributed by atoms with van der Waals surface area (Å²) in [6.45, 7) is 3.45. The maximum atomic E-state index is 13.7. The van der Waals surface area contributed by atoms with Gasteiger partial charge in [-0.25, -0.2) is 8.42 Å². The molecule has 9 nitrogen and oxygen atoms in total. The van der Waals surface area contributed by atoms with Gasteiger partial charge in [0.2, 0.25) is 5.91 Å². The molecule has 37 heavy (non-hydrogen) atoms. The van der Waals surface area contributed by atoms with E-state index < -0.39 is 22.5 Å². The number of piperazine rings is 1. The topological polar surface area (TPSA) is 91.4 Å². The maximum absolute atomic E-state index is 13.7. The van der Waals surface area contributed by atoms with E-state index in [9.17, 15) is 13.2 Å². The lowest BCUT2D eigenvalue weighted by Gasteiger charge is -2.34. The Labute approximate surface area is 218 Å². The number of sulfonamides is 1. The van der Waals surface area contributed by atoms with Crippen LogP contribution in [-0.4, -0.2) is 73.2 Å².